The van der Waals surface area contributed by atoms with Crippen LogP contribution in [0.25, 0.3) is 0 Å². The molecule has 0 fully saturated rings. The number of primary amides is 1. The van der Waals surface area contributed by atoms with Crippen molar-refractivity contribution in [2.24, 2.45) is 17.1 Å². The molecule has 1 rings (SSSR count). The average Bonchev–Trinajstić information content (AvgIpc) is 2.08. The molecule has 0 aliphatic heterocycles. The average molecular weight is 274 g/mol. The van der Waals surface area contributed by atoms with Crippen molar-refractivity contribution in [3.8, 4) is 0 Å². The molecule has 5 heteroatoms. The summed E-state index contributed by atoms with van der Waals surface area (Å²) in [5, 5.41) is 9.05. The first kappa shape index (κ1) is 12.0. The van der Waals surface area contributed by atoms with Crippen molar-refractivity contribution in [2.75, 3.05) is 0 Å². The van der Waals surface area contributed by atoms with E-state index in [-0.39, 0.29) is 5.57 Å². The summed E-state index contributed by atoms with van der Waals surface area (Å²) in [6.07, 6.45) is 2.97. The lowest BCUT2D eigenvalue weighted by molar-refractivity contribution is -0.142. The minimum atomic E-state index is -0.969. The summed E-state index contributed by atoms with van der Waals surface area (Å²) in [6.45, 7) is 3.58. The molecule has 15 heavy (non-hydrogen) atoms. The maximum Gasteiger partial charge on any atom is 0.311 e. The predicted octanol–water partition coefficient (Wildman–Crippen LogP) is 1.42. The molecule has 0 aromatic heterocycles. The van der Waals surface area contributed by atoms with Gasteiger partial charge in [-0.25, -0.2) is 0 Å². The summed E-state index contributed by atoms with van der Waals surface area (Å²) in [5.41, 5.74) is 4.78. The molecule has 0 spiro atoms. The molecule has 0 heterocycles. The van der Waals surface area contributed by atoms with Crippen molar-refractivity contribution in [1.29, 1.82) is 0 Å². The lowest BCUT2D eigenvalue weighted by Gasteiger charge is -2.32. The zero-order valence-electron chi connectivity index (χ0n) is 8.45. The van der Waals surface area contributed by atoms with Crippen LogP contribution in [0.3, 0.4) is 0 Å². The van der Waals surface area contributed by atoms with Crippen LogP contribution >= 0.6 is 15.9 Å². The fourth-order valence-electron chi connectivity index (χ4n) is 1.44. The monoisotopic (exact) mass is 273 g/mol. The minimum absolute atomic E-state index is 0.230. The van der Waals surface area contributed by atoms with Gasteiger partial charge in [0.25, 0.3) is 0 Å². The Labute approximate surface area is 96.0 Å². The van der Waals surface area contributed by atoms with Crippen LogP contribution in [0, 0.1) is 11.3 Å². The van der Waals surface area contributed by atoms with E-state index in [0.29, 0.717) is 4.48 Å². The Morgan fingerprint density at radius 3 is 2.47 bits per heavy atom. The van der Waals surface area contributed by atoms with E-state index in [2.05, 4.69) is 15.9 Å². The Morgan fingerprint density at radius 2 is 2.07 bits per heavy atom. The van der Waals surface area contributed by atoms with Crippen LogP contribution in [0.1, 0.15) is 13.8 Å². The Balaban J connectivity index is 3.22. The van der Waals surface area contributed by atoms with Crippen molar-refractivity contribution in [3.63, 3.8) is 0 Å². The van der Waals surface area contributed by atoms with Crippen LogP contribution in [-0.2, 0) is 9.59 Å². The highest BCUT2D eigenvalue weighted by Gasteiger charge is 2.39. The second-order valence-electron chi connectivity index (χ2n) is 4.02. The maximum atomic E-state index is 11.0. The SMILES string of the molecule is CC1(C)C(Br)=CC(C(N)=O)=CC1C(=O)O. The first-order chi connectivity index (χ1) is 6.76. The van der Waals surface area contributed by atoms with Gasteiger partial charge in [-0.3, -0.25) is 9.59 Å². The van der Waals surface area contributed by atoms with E-state index in [0.717, 1.165) is 0 Å². The molecule has 4 nitrogen and oxygen atoms in total. The molecule has 0 bridgehead atoms. The van der Waals surface area contributed by atoms with E-state index in [1.165, 1.54) is 6.08 Å². The van der Waals surface area contributed by atoms with E-state index in [1.54, 1.807) is 19.9 Å². The number of carboxylic acids is 1. The number of hydrogen-bond acceptors (Lipinski definition) is 2. The first-order valence-electron chi connectivity index (χ1n) is 4.39. The first-order valence-corrected chi connectivity index (χ1v) is 5.18. The molecular weight excluding hydrogens is 262 g/mol. The normalized spacial score (nSPS) is 24.1. The standard InChI is InChI=1S/C10H12BrNO3/c1-10(2)6(9(14)15)3-5(8(12)13)4-7(10)11/h3-4,6H,1-2H3,(H2,12,13)(H,14,15). The maximum absolute atomic E-state index is 11.0. The van der Waals surface area contributed by atoms with Gasteiger partial charge in [0.1, 0.15) is 0 Å². The highest BCUT2D eigenvalue weighted by atomic mass is 79.9. The third-order valence-corrected chi connectivity index (χ3v) is 3.82. The smallest absolute Gasteiger partial charge is 0.311 e. The number of halogens is 1. The van der Waals surface area contributed by atoms with Gasteiger partial charge in [0.2, 0.25) is 5.91 Å². The molecule has 82 valence electrons. The molecule has 1 aliphatic carbocycles. The summed E-state index contributed by atoms with van der Waals surface area (Å²) < 4.78 is 0.665. The summed E-state index contributed by atoms with van der Waals surface area (Å²) >= 11 is 3.28. The van der Waals surface area contributed by atoms with E-state index in [4.69, 9.17) is 10.8 Å². The number of amides is 1. The fourth-order valence-corrected chi connectivity index (χ4v) is 1.93. The van der Waals surface area contributed by atoms with Gasteiger partial charge in [0.05, 0.1) is 5.92 Å². The van der Waals surface area contributed by atoms with Crippen LogP contribution < -0.4 is 5.73 Å². The van der Waals surface area contributed by atoms with Gasteiger partial charge in [-0.15, -0.1) is 0 Å². The largest absolute Gasteiger partial charge is 0.481 e. The van der Waals surface area contributed by atoms with Crippen molar-refractivity contribution < 1.29 is 14.7 Å². The lowest BCUT2D eigenvalue weighted by Crippen LogP contribution is -2.33. The Kier molecular flexibility index (Phi) is 3.04. The van der Waals surface area contributed by atoms with Gasteiger partial charge >= 0.3 is 5.97 Å². The van der Waals surface area contributed by atoms with E-state index >= 15 is 0 Å². The number of carboxylic acid groups (broad SMARTS) is 1. The minimum Gasteiger partial charge on any atom is -0.481 e. The van der Waals surface area contributed by atoms with Gasteiger partial charge in [0.15, 0.2) is 0 Å². The van der Waals surface area contributed by atoms with Crippen LogP contribution in [-0.4, -0.2) is 17.0 Å². The topological polar surface area (TPSA) is 80.4 Å². The Bertz CT molecular complexity index is 382. The molecule has 0 aromatic rings. The zero-order chi connectivity index (χ0) is 11.8. The molecule has 0 radical (unpaired) electrons. The van der Waals surface area contributed by atoms with Gasteiger partial charge in [-0.05, 0) is 6.08 Å². The summed E-state index contributed by atoms with van der Waals surface area (Å²) in [4.78, 5) is 22.0. The molecule has 1 unspecified atom stereocenters. The van der Waals surface area contributed by atoms with Crippen LogP contribution in [0.5, 0.6) is 0 Å². The van der Waals surface area contributed by atoms with Gasteiger partial charge < -0.3 is 10.8 Å². The molecule has 3 N–H and O–H groups in total. The quantitative estimate of drug-likeness (QED) is 0.799. The Morgan fingerprint density at radius 1 is 1.53 bits per heavy atom. The second-order valence-corrected chi connectivity index (χ2v) is 4.87. The van der Waals surface area contributed by atoms with Crippen molar-refractivity contribution in [1.82, 2.24) is 0 Å². The molecule has 0 aromatic carbocycles. The van der Waals surface area contributed by atoms with Crippen LogP contribution in [0.15, 0.2) is 22.2 Å². The third kappa shape index (κ3) is 2.12. The number of carbonyl (C=O) groups is 2. The molecule has 0 saturated carbocycles. The number of allylic oxidation sites excluding steroid dienone is 1. The number of aliphatic carboxylic acids is 1. The van der Waals surface area contributed by atoms with Crippen molar-refractivity contribution in [3.05, 3.63) is 22.2 Å². The number of rotatable bonds is 2. The number of hydrogen-bond donors (Lipinski definition) is 2. The van der Waals surface area contributed by atoms with Gasteiger partial charge in [-0.1, -0.05) is 35.9 Å². The van der Waals surface area contributed by atoms with E-state index in [9.17, 15) is 9.59 Å². The Hall–Kier alpha value is -1.10. The molecular formula is C10H12BrNO3. The van der Waals surface area contributed by atoms with Gasteiger partial charge in [0, 0.05) is 15.5 Å². The van der Waals surface area contributed by atoms with Crippen LogP contribution in [0.2, 0.25) is 0 Å². The third-order valence-electron chi connectivity index (χ3n) is 2.57. The van der Waals surface area contributed by atoms with E-state index < -0.39 is 23.2 Å². The highest BCUT2D eigenvalue weighted by Crippen LogP contribution is 2.43. The zero-order valence-corrected chi connectivity index (χ0v) is 10.0. The molecule has 1 aliphatic rings. The number of carbonyl (C=O) groups excluding carboxylic acids is 1. The number of nitrogens with two attached hydrogens (primary N) is 1. The second kappa shape index (κ2) is 3.81. The molecule has 0 saturated heterocycles. The van der Waals surface area contributed by atoms with E-state index in [1.807, 2.05) is 0 Å². The van der Waals surface area contributed by atoms with Gasteiger partial charge in [-0.2, -0.15) is 0 Å². The molecule has 1 amide bonds. The van der Waals surface area contributed by atoms with Crippen LogP contribution in [0.4, 0.5) is 0 Å². The summed E-state index contributed by atoms with van der Waals surface area (Å²) in [7, 11) is 0. The highest BCUT2D eigenvalue weighted by molar-refractivity contribution is 9.11. The van der Waals surface area contributed by atoms with Crippen molar-refractivity contribution in [2.45, 2.75) is 13.8 Å². The predicted molar refractivity (Wildman–Crippen MR) is 59.2 cm³/mol. The van der Waals surface area contributed by atoms with Crippen molar-refractivity contribution >= 4 is 27.8 Å². The summed E-state index contributed by atoms with van der Waals surface area (Å²) in [6, 6.07) is 0. The summed E-state index contributed by atoms with van der Waals surface area (Å²) in [5.74, 6) is -2.34. The fraction of sp³-hybridized carbons (Fsp3) is 0.400. The lowest BCUT2D eigenvalue weighted by atomic mass is 9.74. The molecule has 1 atom stereocenters.